The minimum absolute atomic E-state index is 0.0582. The van der Waals surface area contributed by atoms with Crippen molar-refractivity contribution >= 4 is 17.4 Å². The summed E-state index contributed by atoms with van der Waals surface area (Å²) in [7, 11) is 0. The van der Waals surface area contributed by atoms with Crippen LogP contribution in [0.3, 0.4) is 0 Å². The number of halogens is 1. The maximum absolute atomic E-state index is 12.7. The zero-order valence-electron chi connectivity index (χ0n) is 11.4. The van der Waals surface area contributed by atoms with E-state index >= 15 is 0 Å². The zero-order valence-corrected chi connectivity index (χ0v) is 12.2. The summed E-state index contributed by atoms with van der Waals surface area (Å²) in [5.41, 5.74) is 3.19. The Morgan fingerprint density at radius 2 is 2.11 bits per heavy atom. The molecule has 0 atom stereocenters. The van der Waals surface area contributed by atoms with Crippen molar-refractivity contribution in [1.82, 2.24) is 9.78 Å². The van der Waals surface area contributed by atoms with Gasteiger partial charge in [0.15, 0.2) is 0 Å². The molecule has 0 saturated carbocycles. The van der Waals surface area contributed by atoms with Crippen LogP contribution in [0.25, 0.3) is 0 Å². The van der Waals surface area contributed by atoms with Gasteiger partial charge in [0, 0.05) is 12.1 Å². The van der Waals surface area contributed by atoms with Gasteiger partial charge in [-0.15, -0.1) is 0 Å². The van der Waals surface area contributed by atoms with E-state index in [9.17, 15) is 4.79 Å². The van der Waals surface area contributed by atoms with E-state index in [-0.39, 0.29) is 5.78 Å². The number of hydrogen-bond acceptors (Lipinski definition) is 2. The molecule has 0 amide bonds. The minimum atomic E-state index is -0.0582. The SMILES string of the molecule is CCCn1ncc(Cl)c1C(=O)c1cc(C)ccc1C. The molecule has 19 heavy (non-hydrogen) atoms. The monoisotopic (exact) mass is 276 g/mol. The van der Waals surface area contributed by atoms with E-state index < -0.39 is 0 Å². The lowest BCUT2D eigenvalue weighted by molar-refractivity contribution is 0.102. The van der Waals surface area contributed by atoms with Crippen molar-refractivity contribution < 1.29 is 4.79 Å². The van der Waals surface area contributed by atoms with E-state index in [1.165, 1.54) is 6.20 Å². The molecule has 0 spiro atoms. The molecule has 1 aromatic carbocycles. The van der Waals surface area contributed by atoms with E-state index in [0.717, 1.165) is 17.5 Å². The number of carbonyl (C=O) groups is 1. The Balaban J connectivity index is 2.49. The second-order valence-corrected chi connectivity index (χ2v) is 5.12. The molecule has 0 aliphatic carbocycles. The summed E-state index contributed by atoms with van der Waals surface area (Å²) < 4.78 is 1.69. The smallest absolute Gasteiger partial charge is 0.212 e. The molecule has 2 aromatic rings. The Labute approximate surface area is 118 Å². The van der Waals surface area contributed by atoms with E-state index in [2.05, 4.69) is 5.10 Å². The third-order valence-corrected chi connectivity index (χ3v) is 3.36. The highest BCUT2D eigenvalue weighted by Crippen LogP contribution is 2.22. The molecular formula is C15H17ClN2O. The quantitative estimate of drug-likeness (QED) is 0.796. The topological polar surface area (TPSA) is 34.9 Å². The van der Waals surface area contributed by atoms with Crippen molar-refractivity contribution in [2.24, 2.45) is 0 Å². The van der Waals surface area contributed by atoms with Gasteiger partial charge >= 0.3 is 0 Å². The average Bonchev–Trinajstić information content (AvgIpc) is 2.73. The average molecular weight is 277 g/mol. The molecule has 0 N–H and O–H groups in total. The Morgan fingerprint density at radius 3 is 2.79 bits per heavy atom. The van der Waals surface area contributed by atoms with Crippen LogP contribution in [0.4, 0.5) is 0 Å². The van der Waals surface area contributed by atoms with Crippen molar-refractivity contribution in [3.8, 4) is 0 Å². The summed E-state index contributed by atoms with van der Waals surface area (Å²) in [5.74, 6) is -0.0582. The number of rotatable bonds is 4. The normalized spacial score (nSPS) is 10.7. The standard InChI is InChI=1S/C15H17ClN2O/c1-4-7-18-14(13(16)9-17-18)15(19)12-8-10(2)5-6-11(12)3/h5-6,8-9H,4,7H2,1-3H3. The molecule has 4 heteroatoms. The van der Waals surface area contributed by atoms with Crippen LogP contribution in [0.2, 0.25) is 5.02 Å². The number of hydrogen-bond donors (Lipinski definition) is 0. The van der Waals surface area contributed by atoms with Gasteiger partial charge in [0.25, 0.3) is 0 Å². The molecule has 0 radical (unpaired) electrons. The Morgan fingerprint density at radius 1 is 1.37 bits per heavy atom. The summed E-state index contributed by atoms with van der Waals surface area (Å²) in [6.45, 7) is 6.64. The first-order valence-corrected chi connectivity index (χ1v) is 6.75. The van der Waals surface area contributed by atoms with Crippen LogP contribution in [0, 0.1) is 13.8 Å². The summed E-state index contributed by atoms with van der Waals surface area (Å²) >= 11 is 6.11. The van der Waals surface area contributed by atoms with Gasteiger partial charge in [-0.25, -0.2) is 0 Å². The lowest BCUT2D eigenvalue weighted by Gasteiger charge is -2.09. The molecular weight excluding hydrogens is 260 g/mol. The molecule has 3 nitrogen and oxygen atoms in total. The molecule has 1 heterocycles. The third kappa shape index (κ3) is 2.71. The number of benzene rings is 1. The number of carbonyl (C=O) groups excluding carboxylic acids is 1. The molecule has 0 fully saturated rings. The van der Waals surface area contributed by atoms with Crippen LogP contribution < -0.4 is 0 Å². The molecule has 1 aromatic heterocycles. The Hall–Kier alpha value is -1.61. The summed E-state index contributed by atoms with van der Waals surface area (Å²) in [6.07, 6.45) is 2.45. The van der Waals surface area contributed by atoms with Crippen molar-refractivity contribution in [2.45, 2.75) is 33.7 Å². The van der Waals surface area contributed by atoms with Crippen molar-refractivity contribution in [2.75, 3.05) is 0 Å². The van der Waals surface area contributed by atoms with E-state index in [4.69, 9.17) is 11.6 Å². The Bertz CT molecular complexity index is 617. The zero-order chi connectivity index (χ0) is 14.0. The first-order chi connectivity index (χ1) is 9.04. The van der Waals surface area contributed by atoms with E-state index in [1.807, 2.05) is 39.0 Å². The number of aryl methyl sites for hydroxylation is 3. The fourth-order valence-corrected chi connectivity index (χ4v) is 2.30. The third-order valence-electron chi connectivity index (χ3n) is 3.08. The number of ketones is 1. The lowest BCUT2D eigenvalue weighted by Crippen LogP contribution is -2.13. The fourth-order valence-electron chi connectivity index (χ4n) is 2.08. The van der Waals surface area contributed by atoms with Gasteiger partial charge in [0.1, 0.15) is 5.69 Å². The molecule has 0 bridgehead atoms. The van der Waals surface area contributed by atoms with Crippen molar-refractivity contribution in [1.29, 1.82) is 0 Å². The predicted octanol–water partition coefficient (Wildman–Crippen LogP) is 3.79. The molecule has 100 valence electrons. The largest absolute Gasteiger partial charge is 0.287 e. The van der Waals surface area contributed by atoms with Gasteiger partial charge < -0.3 is 0 Å². The highest BCUT2D eigenvalue weighted by atomic mass is 35.5. The molecule has 0 saturated heterocycles. The van der Waals surface area contributed by atoms with Crippen LogP contribution in [-0.2, 0) is 6.54 Å². The summed E-state index contributed by atoms with van der Waals surface area (Å²) in [4.78, 5) is 12.7. The number of nitrogens with zero attached hydrogens (tertiary/aromatic N) is 2. The van der Waals surface area contributed by atoms with Crippen molar-refractivity contribution in [3.63, 3.8) is 0 Å². The van der Waals surface area contributed by atoms with Gasteiger partial charge in [-0.05, 0) is 31.9 Å². The van der Waals surface area contributed by atoms with Gasteiger partial charge in [-0.3, -0.25) is 9.48 Å². The van der Waals surface area contributed by atoms with Crippen LogP contribution in [-0.4, -0.2) is 15.6 Å². The van der Waals surface area contributed by atoms with Crippen LogP contribution >= 0.6 is 11.6 Å². The Kier molecular flexibility index (Phi) is 4.05. The van der Waals surface area contributed by atoms with Crippen LogP contribution in [0.15, 0.2) is 24.4 Å². The summed E-state index contributed by atoms with van der Waals surface area (Å²) in [6, 6.07) is 5.85. The summed E-state index contributed by atoms with van der Waals surface area (Å²) in [5, 5.41) is 4.58. The highest BCUT2D eigenvalue weighted by molar-refractivity contribution is 6.34. The number of aromatic nitrogens is 2. The molecule has 0 unspecified atom stereocenters. The second kappa shape index (κ2) is 5.57. The van der Waals surface area contributed by atoms with Crippen molar-refractivity contribution in [3.05, 3.63) is 51.8 Å². The van der Waals surface area contributed by atoms with E-state index in [0.29, 0.717) is 22.8 Å². The van der Waals surface area contributed by atoms with Gasteiger partial charge in [-0.1, -0.05) is 36.2 Å². The molecule has 2 rings (SSSR count). The molecule has 0 aliphatic heterocycles. The van der Waals surface area contributed by atoms with Gasteiger partial charge in [0.05, 0.1) is 11.2 Å². The minimum Gasteiger partial charge on any atom is -0.287 e. The van der Waals surface area contributed by atoms with E-state index in [1.54, 1.807) is 4.68 Å². The maximum atomic E-state index is 12.7. The van der Waals surface area contributed by atoms with Gasteiger partial charge in [-0.2, -0.15) is 5.10 Å². The predicted molar refractivity (Wildman–Crippen MR) is 76.9 cm³/mol. The first-order valence-electron chi connectivity index (χ1n) is 6.37. The first kappa shape index (κ1) is 13.8. The van der Waals surface area contributed by atoms with Crippen LogP contribution in [0.1, 0.15) is 40.5 Å². The lowest BCUT2D eigenvalue weighted by atomic mass is 10.00. The second-order valence-electron chi connectivity index (χ2n) is 4.71. The molecule has 0 aliphatic rings. The maximum Gasteiger partial charge on any atom is 0.212 e. The van der Waals surface area contributed by atoms with Crippen LogP contribution in [0.5, 0.6) is 0 Å². The van der Waals surface area contributed by atoms with Gasteiger partial charge in [0.2, 0.25) is 5.78 Å². The highest BCUT2D eigenvalue weighted by Gasteiger charge is 2.20. The fraction of sp³-hybridized carbons (Fsp3) is 0.333.